The van der Waals surface area contributed by atoms with Crippen LogP contribution in [0.3, 0.4) is 0 Å². The van der Waals surface area contributed by atoms with Crippen molar-refractivity contribution in [3.63, 3.8) is 0 Å². The molecule has 0 saturated carbocycles. The maximum atomic E-state index is 13.7. The highest BCUT2D eigenvalue weighted by Gasteiger charge is 2.31. The second-order valence-electron chi connectivity index (χ2n) is 12.7. The lowest BCUT2D eigenvalue weighted by Crippen LogP contribution is -2.58. The van der Waals surface area contributed by atoms with Gasteiger partial charge in [-0.2, -0.15) is 0 Å². The summed E-state index contributed by atoms with van der Waals surface area (Å²) in [5.41, 5.74) is 11.6. The average molecular weight is 744 g/mol. The highest BCUT2D eigenvalue weighted by molar-refractivity contribution is 5.96. The van der Waals surface area contributed by atoms with Crippen LogP contribution in [0.25, 0.3) is 0 Å². The molecule has 2 rings (SSSR count). The second kappa shape index (κ2) is 22.9. The van der Waals surface area contributed by atoms with Crippen LogP contribution in [0.1, 0.15) is 70.8 Å². The summed E-state index contributed by atoms with van der Waals surface area (Å²) in [5.74, 6) is -5.87. The highest BCUT2D eigenvalue weighted by atomic mass is 16.2. The molecule has 53 heavy (non-hydrogen) atoms. The van der Waals surface area contributed by atoms with Crippen molar-refractivity contribution in [1.29, 1.82) is 5.41 Å². The highest BCUT2D eigenvalue weighted by Crippen LogP contribution is 2.08. The third kappa shape index (κ3) is 16.9. The number of guanidine groups is 1. The number of hydrogen-bond acceptors (Lipinski definition) is 9. The molecule has 1 heterocycles. The van der Waals surface area contributed by atoms with E-state index in [-0.39, 0.29) is 57.6 Å². The molecule has 19 nitrogen and oxygen atoms in total. The van der Waals surface area contributed by atoms with Gasteiger partial charge in [0.2, 0.25) is 47.3 Å². The van der Waals surface area contributed by atoms with E-state index in [0.717, 1.165) is 6.42 Å². The quantitative estimate of drug-likeness (QED) is 0.0554. The van der Waals surface area contributed by atoms with Crippen molar-refractivity contribution in [2.24, 2.45) is 11.5 Å². The van der Waals surface area contributed by atoms with Gasteiger partial charge >= 0.3 is 0 Å². The number of primary amides is 1. The molecule has 19 heteroatoms. The Morgan fingerprint density at radius 2 is 1.58 bits per heavy atom. The van der Waals surface area contributed by atoms with Gasteiger partial charge in [0.25, 0.3) is 0 Å². The summed E-state index contributed by atoms with van der Waals surface area (Å²) in [4.78, 5) is 104. The fourth-order valence-corrected chi connectivity index (χ4v) is 5.41. The maximum absolute atomic E-state index is 13.7. The fraction of sp³-hybridized carbons (Fsp3) is 0.559. The number of unbranched alkanes of at least 4 members (excludes halogenated alkanes) is 1. The van der Waals surface area contributed by atoms with Gasteiger partial charge in [-0.3, -0.25) is 43.8 Å². The van der Waals surface area contributed by atoms with Gasteiger partial charge in [0.1, 0.15) is 30.2 Å². The van der Waals surface area contributed by atoms with Crippen LogP contribution < -0.4 is 54.0 Å². The lowest BCUT2D eigenvalue weighted by molar-refractivity contribution is -0.134. The summed E-state index contributed by atoms with van der Waals surface area (Å²) in [6.45, 7) is 2.65. The Morgan fingerprint density at radius 1 is 0.887 bits per heavy atom. The van der Waals surface area contributed by atoms with Crippen LogP contribution in [0.15, 0.2) is 30.3 Å². The smallest absolute Gasteiger partial charge is 0.243 e. The molecule has 1 aliphatic rings. The van der Waals surface area contributed by atoms with Crippen LogP contribution in [0.5, 0.6) is 0 Å². The summed E-state index contributed by atoms with van der Waals surface area (Å²) in [6.07, 6.45) is 1.40. The number of benzene rings is 1. The number of carbonyl (C=O) groups is 8. The number of nitrogens with two attached hydrogens (primary N) is 2. The van der Waals surface area contributed by atoms with Gasteiger partial charge in [-0.1, -0.05) is 50.1 Å². The predicted octanol–water partition coefficient (Wildman–Crippen LogP) is -2.97. The first-order valence-electron chi connectivity index (χ1n) is 17.6. The summed E-state index contributed by atoms with van der Waals surface area (Å²) in [6, 6.07) is 2.82. The first-order valence-corrected chi connectivity index (χ1v) is 17.6. The number of amides is 8. The van der Waals surface area contributed by atoms with Gasteiger partial charge in [-0.25, -0.2) is 0 Å². The molecule has 1 aliphatic heterocycles. The number of rotatable bonds is 13. The minimum atomic E-state index is -1.29. The molecule has 0 bridgehead atoms. The molecule has 292 valence electrons. The molecular weight excluding hydrogens is 690 g/mol. The molecule has 1 saturated heterocycles. The Labute approximate surface area is 308 Å². The predicted molar refractivity (Wildman–Crippen MR) is 193 cm³/mol. The monoisotopic (exact) mass is 743 g/mol. The number of nitrogens with one attached hydrogen (secondary N) is 9. The van der Waals surface area contributed by atoms with E-state index in [1.807, 2.05) is 6.92 Å². The van der Waals surface area contributed by atoms with Crippen LogP contribution in [-0.2, 0) is 44.8 Å². The third-order valence-corrected chi connectivity index (χ3v) is 8.22. The second-order valence-corrected chi connectivity index (χ2v) is 12.7. The Hall–Kier alpha value is -5.75. The van der Waals surface area contributed by atoms with Crippen LogP contribution in [0, 0.1) is 5.41 Å². The molecule has 0 aliphatic carbocycles. The van der Waals surface area contributed by atoms with Crippen LogP contribution in [0.4, 0.5) is 0 Å². The molecule has 0 aromatic heterocycles. The normalized spacial score (nSPS) is 21.4. The Bertz CT molecular complexity index is 1460. The zero-order chi connectivity index (χ0) is 39.3. The van der Waals surface area contributed by atoms with E-state index in [0.29, 0.717) is 18.4 Å². The van der Waals surface area contributed by atoms with E-state index in [9.17, 15) is 38.4 Å². The first kappa shape index (κ1) is 43.4. The van der Waals surface area contributed by atoms with Crippen molar-refractivity contribution < 1.29 is 38.4 Å². The van der Waals surface area contributed by atoms with Crippen LogP contribution in [-0.4, -0.2) is 103 Å². The Morgan fingerprint density at radius 3 is 2.23 bits per heavy atom. The van der Waals surface area contributed by atoms with Gasteiger partial charge in [0.15, 0.2) is 5.96 Å². The van der Waals surface area contributed by atoms with E-state index in [2.05, 4.69) is 42.5 Å². The average Bonchev–Trinajstić information content (AvgIpc) is 3.10. The number of carbonyl (C=O) groups excluding carboxylic acids is 8. The standard InChI is InChI=1S/C34H53N11O8/c1-3-4-11-23(41-20(2)46)31(51)45-25-13-14-27(47)38-17-15-22(29(35)49)43-32(52)24(12-8-16-39-34(36)37)44-33(53)26(18-21-9-6-5-7-10-21)42-28(48)19-40-30(25)50/h5-7,9-10,22-26H,3-4,8,11-19H2,1-2H3,(H2,35,49)(H,38,47)(H,40,50)(H,41,46)(H,42,48)(H,43,52)(H,44,53)(H,45,51)(H4,36,37,39)/t22?,23-,24-,25?,26?/m0/s1. The zero-order valence-corrected chi connectivity index (χ0v) is 30.2. The van der Waals surface area contributed by atoms with Gasteiger partial charge in [0, 0.05) is 32.9 Å². The van der Waals surface area contributed by atoms with E-state index in [1.54, 1.807) is 30.3 Å². The molecule has 1 aromatic carbocycles. The van der Waals surface area contributed by atoms with Crippen molar-refractivity contribution in [2.45, 2.75) is 102 Å². The van der Waals surface area contributed by atoms with Crippen molar-refractivity contribution in [1.82, 2.24) is 42.5 Å². The third-order valence-electron chi connectivity index (χ3n) is 8.22. The van der Waals surface area contributed by atoms with Crippen molar-refractivity contribution in [3.05, 3.63) is 35.9 Å². The van der Waals surface area contributed by atoms with E-state index >= 15 is 0 Å². The number of hydrogen-bond donors (Lipinski definition) is 11. The lowest BCUT2D eigenvalue weighted by Gasteiger charge is -2.25. The summed E-state index contributed by atoms with van der Waals surface area (Å²) >= 11 is 0. The molecular formula is C34H53N11O8. The molecule has 8 amide bonds. The lowest BCUT2D eigenvalue weighted by atomic mass is 10.0. The summed E-state index contributed by atoms with van der Waals surface area (Å²) < 4.78 is 0. The minimum Gasteiger partial charge on any atom is -0.370 e. The SMILES string of the molecule is CCCC[C@H](NC(C)=O)C(=O)NC1CCC(=O)NCCC(C(N)=O)NC(=O)[C@H](CCCNC(=N)N)NC(=O)C(Cc2ccccc2)NC(=O)CNC1=O. The van der Waals surface area contributed by atoms with Crippen LogP contribution in [0.2, 0.25) is 0 Å². The van der Waals surface area contributed by atoms with E-state index in [4.69, 9.17) is 16.9 Å². The van der Waals surface area contributed by atoms with Gasteiger partial charge in [0.05, 0.1) is 6.54 Å². The van der Waals surface area contributed by atoms with E-state index < -0.39 is 84.0 Å². The van der Waals surface area contributed by atoms with Crippen molar-refractivity contribution in [2.75, 3.05) is 19.6 Å². The molecule has 5 atom stereocenters. The first-order chi connectivity index (χ1) is 25.2. The van der Waals surface area contributed by atoms with Crippen LogP contribution >= 0.6 is 0 Å². The molecule has 3 unspecified atom stereocenters. The molecule has 1 aromatic rings. The maximum Gasteiger partial charge on any atom is 0.243 e. The summed E-state index contributed by atoms with van der Waals surface area (Å²) in [5, 5.41) is 27.9. The van der Waals surface area contributed by atoms with Gasteiger partial charge in [-0.15, -0.1) is 0 Å². The Kier molecular flexibility index (Phi) is 18.8. The van der Waals surface area contributed by atoms with Gasteiger partial charge in [-0.05, 0) is 37.7 Å². The molecule has 0 spiro atoms. The molecule has 1 fully saturated rings. The summed E-state index contributed by atoms with van der Waals surface area (Å²) in [7, 11) is 0. The zero-order valence-electron chi connectivity index (χ0n) is 30.2. The Balaban J connectivity index is 2.40. The molecule has 13 N–H and O–H groups in total. The minimum absolute atomic E-state index is 0.00522. The van der Waals surface area contributed by atoms with Crippen molar-refractivity contribution >= 4 is 53.2 Å². The largest absolute Gasteiger partial charge is 0.370 e. The topological polar surface area (TPSA) is 309 Å². The van der Waals surface area contributed by atoms with Crippen molar-refractivity contribution in [3.8, 4) is 0 Å². The fourth-order valence-electron chi connectivity index (χ4n) is 5.41. The van der Waals surface area contributed by atoms with Gasteiger partial charge < -0.3 is 54.0 Å². The van der Waals surface area contributed by atoms with E-state index in [1.165, 1.54) is 6.92 Å². The molecule has 0 radical (unpaired) electrons.